The van der Waals surface area contributed by atoms with Crippen LogP contribution in [0.25, 0.3) is 0 Å². The summed E-state index contributed by atoms with van der Waals surface area (Å²) in [5.41, 5.74) is 5.77. The van der Waals surface area contributed by atoms with Crippen LogP contribution in [0.1, 0.15) is 40.0 Å². The summed E-state index contributed by atoms with van der Waals surface area (Å²) in [7, 11) is 0. The summed E-state index contributed by atoms with van der Waals surface area (Å²) >= 11 is 0. The maximum absolute atomic E-state index is 12.1. The van der Waals surface area contributed by atoms with Gasteiger partial charge in [0, 0.05) is 25.0 Å². The summed E-state index contributed by atoms with van der Waals surface area (Å²) in [5.74, 6) is 0.987. The minimum absolute atomic E-state index is 0. The average Bonchev–Trinajstić information content (AvgIpc) is 2.26. The number of nitrogens with two attached hydrogens (primary N) is 1. The number of nitrogens with zero attached hydrogens (tertiary/aromatic N) is 1. The van der Waals surface area contributed by atoms with Gasteiger partial charge >= 0.3 is 0 Å². The lowest BCUT2D eigenvalue weighted by atomic mass is 9.89. The Morgan fingerprint density at radius 2 is 2.19 bits per heavy atom. The lowest BCUT2D eigenvalue weighted by molar-refractivity contribution is -0.140. The smallest absolute Gasteiger partial charge is 0.225 e. The Bertz CT molecular complexity index is 223. The van der Waals surface area contributed by atoms with Crippen LogP contribution in [0, 0.1) is 11.8 Å². The van der Waals surface area contributed by atoms with Gasteiger partial charge in [-0.2, -0.15) is 0 Å². The molecule has 1 saturated heterocycles. The summed E-state index contributed by atoms with van der Waals surface area (Å²) in [6.07, 6.45) is 3.24. The van der Waals surface area contributed by atoms with E-state index in [2.05, 4.69) is 13.8 Å². The second-order valence-corrected chi connectivity index (χ2v) is 4.76. The molecule has 0 bridgehead atoms. The highest BCUT2D eigenvalue weighted by Crippen LogP contribution is 2.24. The third-order valence-corrected chi connectivity index (χ3v) is 3.67. The molecule has 3 unspecified atom stereocenters. The monoisotopic (exact) mass is 248 g/mol. The van der Waals surface area contributed by atoms with E-state index < -0.39 is 0 Å². The number of amides is 1. The zero-order chi connectivity index (χ0) is 11.4. The van der Waals surface area contributed by atoms with Gasteiger partial charge in [-0.15, -0.1) is 12.4 Å². The highest BCUT2D eigenvalue weighted by Gasteiger charge is 2.32. The highest BCUT2D eigenvalue weighted by atomic mass is 35.5. The minimum Gasteiger partial charge on any atom is -0.338 e. The molecule has 1 aliphatic rings. The Hall–Kier alpha value is -0.280. The van der Waals surface area contributed by atoms with Crippen LogP contribution < -0.4 is 5.73 Å². The molecule has 3 atom stereocenters. The number of rotatable bonds is 3. The van der Waals surface area contributed by atoms with Crippen molar-refractivity contribution < 1.29 is 4.79 Å². The maximum Gasteiger partial charge on any atom is 0.225 e. The molecule has 0 aromatic rings. The molecule has 1 fully saturated rings. The van der Waals surface area contributed by atoms with Gasteiger partial charge in [0.05, 0.1) is 0 Å². The quantitative estimate of drug-likeness (QED) is 0.831. The van der Waals surface area contributed by atoms with E-state index in [9.17, 15) is 4.79 Å². The molecule has 4 heteroatoms. The van der Waals surface area contributed by atoms with Crippen molar-refractivity contribution in [3.05, 3.63) is 0 Å². The third kappa shape index (κ3) is 3.36. The molecular weight excluding hydrogens is 224 g/mol. The van der Waals surface area contributed by atoms with Crippen molar-refractivity contribution in [1.82, 2.24) is 4.90 Å². The van der Waals surface area contributed by atoms with Crippen LogP contribution in [0.3, 0.4) is 0 Å². The molecular formula is C12H25ClN2O. The molecule has 0 aromatic carbocycles. The molecule has 0 spiro atoms. The first-order valence-electron chi connectivity index (χ1n) is 6.12. The van der Waals surface area contributed by atoms with E-state index in [1.165, 1.54) is 6.42 Å². The number of hydrogen-bond donors (Lipinski definition) is 1. The van der Waals surface area contributed by atoms with E-state index >= 15 is 0 Å². The molecule has 0 aliphatic carbocycles. The largest absolute Gasteiger partial charge is 0.338 e. The number of carbonyl (C=O) groups is 1. The Labute approximate surface area is 105 Å². The number of piperidine rings is 1. The van der Waals surface area contributed by atoms with E-state index in [1.54, 1.807) is 0 Å². The molecule has 0 radical (unpaired) electrons. The van der Waals surface area contributed by atoms with E-state index in [0.29, 0.717) is 18.4 Å². The number of carbonyl (C=O) groups excluding carboxylic acids is 1. The zero-order valence-corrected chi connectivity index (χ0v) is 11.4. The van der Waals surface area contributed by atoms with Gasteiger partial charge in [-0.05, 0) is 25.2 Å². The van der Waals surface area contributed by atoms with Crippen LogP contribution in [0.5, 0.6) is 0 Å². The van der Waals surface area contributed by atoms with Gasteiger partial charge < -0.3 is 10.6 Å². The van der Waals surface area contributed by atoms with E-state index in [0.717, 1.165) is 19.4 Å². The summed E-state index contributed by atoms with van der Waals surface area (Å²) in [4.78, 5) is 14.1. The first kappa shape index (κ1) is 15.7. The van der Waals surface area contributed by atoms with Gasteiger partial charge in [0.2, 0.25) is 5.91 Å². The van der Waals surface area contributed by atoms with Gasteiger partial charge in [0.25, 0.3) is 0 Å². The first-order valence-corrected chi connectivity index (χ1v) is 6.12. The lowest BCUT2D eigenvalue weighted by Crippen LogP contribution is -2.52. The minimum atomic E-state index is 0. The Balaban J connectivity index is 0.00000225. The second-order valence-electron chi connectivity index (χ2n) is 4.76. The van der Waals surface area contributed by atoms with Crippen LogP contribution in [-0.2, 0) is 4.79 Å². The predicted molar refractivity (Wildman–Crippen MR) is 69.7 cm³/mol. The maximum atomic E-state index is 12.1. The average molecular weight is 249 g/mol. The standard InChI is InChI=1S/C12H24N2O.ClH/c1-4-9(2)12(15)14-7-5-6-10(3)11(14)8-13;/h9-11H,4-8,13H2,1-3H3;1H. The van der Waals surface area contributed by atoms with Crippen LogP contribution in [0.4, 0.5) is 0 Å². The summed E-state index contributed by atoms with van der Waals surface area (Å²) in [6, 6.07) is 0.264. The second kappa shape index (κ2) is 7.13. The van der Waals surface area contributed by atoms with Crippen LogP contribution in [0.2, 0.25) is 0 Å². The van der Waals surface area contributed by atoms with Crippen molar-refractivity contribution in [2.24, 2.45) is 17.6 Å². The molecule has 1 rings (SSSR count). The zero-order valence-electron chi connectivity index (χ0n) is 10.6. The number of likely N-dealkylation sites (tertiary alicyclic amines) is 1. The molecule has 1 heterocycles. The molecule has 0 aromatic heterocycles. The normalized spacial score (nSPS) is 27.1. The molecule has 1 aliphatic heterocycles. The molecule has 2 N–H and O–H groups in total. The fourth-order valence-corrected chi connectivity index (χ4v) is 2.34. The fourth-order valence-electron chi connectivity index (χ4n) is 2.34. The number of hydrogen-bond acceptors (Lipinski definition) is 2. The lowest BCUT2D eigenvalue weighted by Gasteiger charge is -2.40. The van der Waals surface area contributed by atoms with Gasteiger partial charge in [0.1, 0.15) is 0 Å². The van der Waals surface area contributed by atoms with Crippen LogP contribution in [0.15, 0.2) is 0 Å². The van der Waals surface area contributed by atoms with Crippen LogP contribution in [-0.4, -0.2) is 29.9 Å². The van der Waals surface area contributed by atoms with Gasteiger partial charge in [-0.1, -0.05) is 20.8 Å². The van der Waals surface area contributed by atoms with Crippen molar-refractivity contribution in [2.75, 3.05) is 13.1 Å². The first-order chi connectivity index (χ1) is 7.11. The van der Waals surface area contributed by atoms with Crippen molar-refractivity contribution in [3.8, 4) is 0 Å². The van der Waals surface area contributed by atoms with Crippen LogP contribution >= 0.6 is 12.4 Å². The SMILES string of the molecule is CCC(C)C(=O)N1CCCC(C)C1CN.Cl. The topological polar surface area (TPSA) is 46.3 Å². The molecule has 96 valence electrons. The summed E-state index contributed by atoms with van der Waals surface area (Å²) in [6.45, 7) is 7.77. The number of halogens is 1. The van der Waals surface area contributed by atoms with Gasteiger partial charge in [-0.3, -0.25) is 4.79 Å². The Morgan fingerprint density at radius 1 is 1.56 bits per heavy atom. The van der Waals surface area contributed by atoms with Crippen molar-refractivity contribution in [1.29, 1.82) is 0 Å². The molecule has 3 nitrogen and oxygen atoms in total. The fraction of sp³-hybridized carbons (Fsp3) is 0.917. The van der Waals surface area contributed by atoms with E-state index in [-0.39, 0.29) is 24.4 Å². The Kier molecular flexibility index (Phi) is 7.00. The molecule has 0 saturated carbocycles. The van der Waals surface area contributed by atoms with E-state index in [4.69, 9.17) is 5.73 Å². The van der Waals surface area contributed by atoms with Crippen molar-refractivity contribution >= 4 is 18.3 Å². The summed E-state index contributed by atoms with van der Waals surface area (Å²) < 4.78 is 0. The summed E-state index contributed by atoms with van der Waals surface area (Å²) in [5, 5.41) is 0. The highest BCUT2D eigenvalue weighted by molar-refractivity contribution is 5.85. The molecule has 16 heavy (non-hydrogen) atoms. The van der Waals surface area contributed by atoms with Gasteiger partial charge in [-0.25, -0.2) is 0 Å². The van der Waals surface area contributed by atoms with E-state index in [1.807, 2.05) is 11.8 Å². The molecule has 1 amide bonds. The van der Waals surface area contributed by atoms with Crippen molar-refractivity contribution in [2.45, 2.75) is 46.1 Å². The van der Waals surface area contributed by atoms with Crippen molar-refractivity contribution in [3.63, 3.8) is 0 Å². The third-order valence-electron chi connectivity index (χ3n) is 3.67. The predicted octanol–water partition coefficient (Wildman–Crippen LogP) is 2.04. The Morgan fingerprint density at radius 3 is 2.69 bits per heavy atom. The van der Waals surface area contributed by atoms with Gasteiger partial charge in [0.15, 0.2) is 0 Å².